The van der Waals surface area contributed by atoms with E-state index in [-0.39, 0.29) is 0 Å². The molecule has 0 aromatic heterocycles. The SMILES string of the molecule is COc1cc(C#C[C@@H](O)c2cc(Br)ccc2Cl)cc(OC)c1OC. The first-order valence-electron chi connectivity index (χ1n) is 6.94. The van der Waals surface area contributed by atoms with Gasteiger partial charge >= 0.3 is 0 Å². The molecule has 0 heterocycles. The fourth-order valence-electron chi connectivity index (χ4n) is 2.11. The third kappa shape index (κ3) is 4.15. The number of hydrogen-bond acceptors (Lipinski definition) is 4. The van der Waals surface area contributed by atoms with Crippen LogP contribution in [0.5, 0.6) is 17.2 Å². The molecule has 0 saturated carbocycles. The van der Waals surface area contributed by atoms with Crippen molar-refractivity contribution < 1.29 is 19.3 Å². The number of hydrogen-bond donors (Lipinski definition) is 1. The van der Waals surface area contributed by atoms with Crippen molar-refractivity contribution in [3.63, 3.8) is 0 Å². The molecule has 0 aliphatic carbocycles. The molecule has 0 bridgehead atoms. The second-order valence-corrected chi connectivity index (χ2v) is 6.07. The van der Waals surface area contributed by atoms with Crippen LogP contribution in [0, 0.1) is 11.8 Å². The van der Waals surface area contributed by atoms with Gasteiger partial charge in [0.15, 0.2) is 11.5 Å². The molecule has 2 aromatic carbocycles. The van der Waals surface area contributed by atoms with E-state index in [2.05, 4.69) is 27.8 Å². The minimum Gasteiger partial charge on any atom is -0.493 e. The Morgan fingerprint density at radius 3 is 2.21 bits per heavy atom. The molecule has 0 unspecified atom stereocenters. The molecule has 0 aliphatic heterocycles. The van der Waals surface area contributed by atoms with Gasteiger partial charge in [-0.3, -0.25) is 0 Å². The van der Waals surface area contributed by atoms with Crippen LogP contribution >= 0.6 is 27.5 Å². The molecule has 0 fully saturated rings. The Bertz CT molecular complexity index is 770. The van der Waals surface area contributed by atoms with Gasteiger partial charge in [0, 0.05) is 20.6 Å². The smallest absolute Gasteiger partial charge is 0.203 e. The molecule has 6 heteroatoms. The van der Waals surface area contributed by atoms with E-state index in [1.807, 2.05) is 0 Å². The fourth-order valence-corrected chi connectivity index (χ4v) is 2.71. The highest BCUT2D eigenvalue weighted by atomic mass is 79.9. The first-order chi connectivity index (χ1) is 11.5. The van der Waals surface area contributed by atoms with Crippen molar-refractivity contribution in [1.82, 2.24) is 0 Å². The maximum absolute atomic E-state index is 10.3. The van der Waals surface area contributed by atoms with Crippen LogP contribution in [0.3, 0.4) is 0 Å². The Morgan fingerprint density at radius 2 is 1.67 bits per heavy atom. The van der Waals surface area contributed by atoms with Crippen LogP contribution in [-0.4, -0.2) is 26.4 Å². The van der Waals surface area contributed by atoms with Gasteiger partial charge in [0.2, 0.25) is 5.75 Å². The maximum atomic E-state index is 10.3. The Balaban J connectivity index is 2.38. The van der Waals surface area contributed by atoms with Crippen molar-refractivity contribution in [2.24, 2.45) is 0 Å². The van der Waals surface area contributed by atoms with Gasteiger partial charge in [-0.1, -0.05) is 39.4 Å². The van der Waals surface area contributed by atoms with Crippen molar-refractivity contribution in [2.75, 3.05) is 21.3 Å². The molecule has 24 heavy (non-hydrogen) atoms. The van der Waals surface area contributed by atoms with Crippen molar-refractivity contribution in [1.29, 1.82) is 0 Å². The van der Waals surface area contributed by atoms with E-state index in [0.717, 1.165) is 4.47 Å². The second kappa shape index (κ2) is 8.29. The summed E-state index contributed by atoms with van der Waals surface area (Å²) in [6, 6.07) is 8.65. The van der Waals surface area contributed by atoms with Crippen molar-refractivity contribution >= 4 is 27.5 Å². The van der Waals surface area contributed by atoms with E-state index in [1.54, 1.807) is 30.3 Å². The molecule has 0 radical (unpaired) electrons. The highest BCUT2D eigenvalue weighted by molar-refractivity contribution is 9.10. The van der Waals surface area contributed by atoms with Gasteiger partial charge in [0.05, 0.1) is 21.3 Å². The Hall–Kier alpha value is -1.87. The van der Waals surface area contributed by atoms with Crippen LogP contribution in [0.2, 0.25) is 5.02 Å². The summed E-state index contributed by atoms with van der Waals surface area (Å²) < 4.78 is 16.6. The van der Waals surface area contributed by atoms with Crippen molar-refractivity contribution in [2.45, 2.75) is 6.10 Å². The van der Waals surface area contributed by atoms with Gasteiger partial charge in [-0.25, -0.2) is 0 Å². The summed E-state index contributed by atoms with van der Waals surface area (Å²) in [6.07, 6.45) is -1.02. The largest absolute Gasteiger partial charge is 0.493 e. The maximum Gasteiger partial charge on any atom is 0.203 e. The number of halogens is 2. The second-order valence-electron chi connectivity index (χ2n) is 4.75. The van der Waals surface area contributed by atoms with Crippen LogP contribution in [0.1, 0.15) is 17.2 Å². The van der Waals surface area contributed by atoms with Crippen LogP contribution in [-0.2, 0) is 0 Å². The van der Waals surface area contributed by atoms with Crippen LogP contribution < -0.4 is 14.2 Å². The zero-order chi connectivity index (χ0) is 17.7. The summed E-state index contributed by atoms with van der Waals surface area (Å²) in [5.74, 6) is 7.15. The molecule has 4 nitrogen and oxygen atoms in total. The molecule has 0 amide bonds. The van der Waals surface area contributed by atoms with Gasteiger partial charge in [0.25, 0.3) is 0 Å². The normalized spacial score (nSPS) is 11.2. The van der Waals surface area contributed by atoms with E-state index >= 15 is 0 Å². The molecular weight excluding hydrogens is 396 g/mol. The van der Waals surface area contributed by atoms with Gasteiger partial charge in [-0.15, -0.1) is 0 Å². The van der Waals surface area contributed by atoms with E-state index in [4.69, 9.17) is 25.8 Å². The summed E-state index contributed by atoms with van der Waals surface area (Å²) in [7, 11) is 4.60. The minimum atomic E-state index is -1.02. The van der Waals surface area contributed by atoms with Crippen LogP contribution in [0.25, 0.3) is 0 Å². The summed E-state index contributed by atoms with van der Waals surface area (Å²) in [5, 5.41) is 10.7. The Morgan fingerprint density at radius 1 is 1.04 bits per heavy atom. The summed E-state index contributed by atoms with van der Waals surface area (Å²) in [6.45, 7) is 0. The first-order valence-corrected chi connectivity index (χ1v) is 8.11. The highest BCUT2D eigenvalue weighted by Gasteiger charge is 2.13. The van der Waals surface area contributed by atoms with Gasteiger partial charge in [-0.05, 0) is 30.3 Å². The van der Waals surface area contributed by atoms with Gasteiger partial charge in [-0.2, -0.15) is 0 Å². The summed E-state index contributed by atoms with van der Waals surface area (Å²) in [5.41, 5.74) is 1.15. The Labute approximate surface area is 154 Å². The third-order valence-corrected chi connectivity index (χ3v) is 4.11. The average Bonchev–Trinajstić information content (AvgIpc) is 2.60. The zero-order valence-corrected chi connectivity index (χ0v) is 15.7. The summed E-state index contributed by atoms with van der Waals surface area (Å²) >= 11 is 9.45. The minimum absolute atomic E-state index is 0.449. The number of methoxy groups -OCH3 is 3. The molecule has 2 rings (SSSR count). The topological polar surface area (TPSA) is 47.9 Å². The lowest BCUT2D eigenvalue weighted by Gasteiger charge is -2.12. The molecule has 1 atom stereocenters. The lowest BCUT2D eigenvalue weighted by molar-refractivity contribution is 0.238. The predicted molar refractivity (Wildman–Crippen MR) is 97.1 cm³/mol. The highest BCUT2D eigenvalue weighted by Crippen LogP contribution is 2.38. The van der Waals surface area contributed by atoms with E-state index in [0.29, 0.717) is 33.4 Å². The fraction of sp³-hybridized carbons (Fsp3) is 0.222. The number of rotatable bonds is 4. The van der Waals surface area contributed by atoms with Gasteiger partial charge in [0.1, 0.15) is 6.10 Å². The average molecular weight is 412 g/mol. The van der Waals surface area contributed by atoms with Gasteiger partial charge < -0.3 is 19.3 Å². The molecule has 126 valence electrons. The van der Waals surface area contributed by atoms with Crippen molar-refractivity contribution in [3.05, 3.63) is 51.0 Å². The molecule has 2 aromatic rings. The summed E-state index contributed by atoms with van der Waals surface area (Å²) in [4.78, 5) is 0. The van der Waals surface area contributed by atoms with Crippen LogP contribution in [0.4, 0.5) is 0 Å². The standard InChI is InChI=1S/C18H16BrClO4/c1-22-16-8-11(9-17(23-2)18(16)24-3)4-7-15(21)13-10-12(19)5-6-14(13)20/h5-6,8-10,15,21H,1-3H3/t15-/m1/s1. The first kappa shape index (κ1) is 18.5. The van der Waals surface area contributed by atoms with Crippen LogP contribution in [0.15, 0.2) is 34.8 Å². The molecular formula is C18H16BrClO4. The molecule has 0 saturated heterocycles. The van der Waals surface area contributed by atoms with E-state index < -0.39 is 6.10 Å². The predicted octanol–water partition coefficient (Wildman–Crippen LogP) is 4.21. The molecule has 1 N–H and O–H groups in total. The third-order valence-electron chi connectivity index (χ3n) is 3.27. The van der Waals surface area contributed by atoms with Crippen molar-refractivity contribution in [3.8, 4) is 29.1 Å². The zero-order valence-electron chi connectivity index (χ0n) is 13.4. The molecule has 0 aliphatic rings. The lowest BCUT2D eigenvalue weighted by atomic mass is 10.1. The molecule has 0 spiro atoms. The number of aliphatic hydroxyl groups is 1. The number of benzene rings is 2. The number of ether oxygens (including phenoxy) is 3. The van der Waals surface area contributed by atoms with E-state index in [1.165, 1.54) is 21.3 Å². The number of aliphatic hydroxyl groups excluding tert-OH is 1. The lowest BCUT2D eigenvalue weighted by Crippen LogP contribution is -1.97. The Kier molecular flexibility index (Phi) is 6.38. The van der Waals surface area contributed by atoms with E-state index in [9.17, 15) is 5.11 Å². The monoisotopic (exact) mass is 410 g/mol. The quantitative estimate of drug-likeness (QED) is 0.766.